The first-order valence-electron chi connectivity index (χ1n) is 7.09. The summed E-state index contributed by atoms with van der Waals surface area (Å²) in [6.45, 7) is 4.41. The third kappa shape index (κ3) is 2.39. The second-order valence-corrected chi connectivity index (χ2v) is 6.32. The summed E-state index contributed by atoms with van der Waals surface area (Å²) in [4.78, 5) is 13.9. The number of carboxylic acids is 1. The van der Waals surface area contributed by atoms with E-state index in [-0.39, 0.29) is 0 Å². The molecule has 1 N–H and O–H groups in total. The lowest BCUT2D eigenvalue weighted by Crippen LogP contribution is -2.36. The summed E-state index contributed by atoms with van der Waals surface area (Å²) in [5.74, 6) is 0.343. The molecule has 1 aliphatic heterocycles. The highest BCUT2D eigenvalue weighted by atomic mass is 16.4. The maximum Gasteiger partial charge on any atom is 0.311 e. The summed E-state index contributed by atoms with van der Waals surface area (Å²) in [7, 11) is 0. The lowest BCUT2D eigenvalue weighted by atomic mass is 9.77. The molecule has 2 fully saturated rings. The van der Waals surface area contributed by atoms with Crippen LogP contribution in [0.2, 0.25) is 0 Å². The standard InChI is InChI=1S/C16H21NO2/c1-16(15(18)19)11-17(10-14(16)13-7-8-13)9-12-5-3-2-4-6-12/h2-6,13-14H,7-11H2,1H3,(H,18,19)/t14-,16+/m1/s1. The minimum atomic E-state index is -0.625. The number of aliphatic carboxylic acids is 1. The van der Waals surface area contributed by atoms with Crippen LogP contribution in [0.4, 0.5) is 0 Å². The summed E-state index contributed by atoms with van der Waals surface area (Å²) in [6.07, 6.45) is 2.43. The lowest BCUT2D eigenvalue weighted by molar-refractivity contribution is -0.149. The van der Waals surface area contributed by atoms with Crippen LogP contribution in [0, 0.1) is 17.3 Å². The van der Waals surface area contributed by atoms with E-state index in [1.807, 2.05) is 25.1 Å². The van der Waals surface area contributed by atoms with Crippen molar-refractivity contribution in [2.24, 2.45) is 17.3 Å². The largest absolute Gasteiger partial charge is 0.481 e. The van der Waals surface area contributed by atoms with E-state index >= 15 is 0 Å². The summed E-state index contributed by atoms with van der Waals surface area (Å²) in [5.41, 5.74) is 0.711. The zero-order valence-corrected chi connectivity index (χ0v) is 11.4. The summed E-state index contributed by atoms with van der Waals surface area (Å²) < 4.78 is 0. The fourth-order valence-corrected chi connectivity index (χ4v) is 3.48. The smallest absolute Gasteiger partial charge is 0.311 e. The first-order chi connectivity index (χ1) is 9.09. The van der Waals surface area contributed by atoms with E-state index in [1.165, 1.54) is 18.4 Å². The van der Waals surface area contributed by atoms with E-state index in [0.717, 1.165) is 13.1 Å². The Morgan fingerprint density at radius 2 is 2.05 bits per heavy atom. The molecule has 0 bridgehead atoms. The summed E-state index contributed by atoms with van der Waals surface area (Å²) in [6, 6.07) is 10.3. The fraction of sp³-hybridized carbons (Fsp3) is 0.562. The number of carboxylic acid groups (broad SMARTS) is 1. The maximum absolute atomic E-state index is 11.6. The van der Waals surface area contributed by atoms with Crippen LogP contribution < -0.4 is 0 Å². The Morgan fingerprint density at radius 3 is 2.63 bits per heavy atom. The third-order valence-electron chi connectivity index (χ3n) is 4.75. The van der Waals surface area contributed by atoms with Crippen LogP contribution in [0.25, 0.3) is 0 Å². The van der Waals surface area contributed by atoms with Crippen molar-refractivity contribution in [2.45, 2.75) is 26.3 Å². The average molecular weight is 259 g/mol. The Morgan fingerprint density at radius 1 is 1.37 bits per heavy atom. The predicted molar refractivity (Wildman–Crippen MR) is 73.7 cm³/mol. The molecule has 0 unspecified atom stereocenters. The molecule has 3 nitrogen and oxygen atoms in total. The van der Waals surface area contributed by atoms with Gasteiger partial charge in [0.1, 0.15) is 0 Å². The summed E-state index contributed by atoms with van der Waals surface area (Å²) in [5, 5.41) is 9.58. The molecule has 1 aliphatic carbocycles. The predicted octanol–water partition coefficient (Wildman–Crippen LogP) is 2.62. The van der Waals surface area contributed by atoms with Gasteiger partial charge in [-0.2, -0.15) is 0 Å². The molecule has 2 atom stereocenters. The fourth-order valence-electron chi connectivity index (χ4n) is 3.48. The molecular weight excluding hydrogens is 238 g/mol. The number of rotatable bonds is 4. The van der Waals surface area contributed by atoms with Crippen LogP contribution in [0.1, 0.15) is 25.3 Å². The van der Waals surface area contributed by atoms with Gasteiger partial charge < -0.3 is 5.11 Å². The van der Waals surface area contributed by atoms with Gasteiger partial charge in [0.15, 0.2) is 0 Å². The SMILES string of the molecule is C[C@]1(C(=O)O)CN(Cc2ccccc2)C[C@@H]1C1CC1. The van der Waals surface area contributed by atoms with Crippen molar-refractivity contribution in [1.82, 2.24) is 4.90 Å². The molecule has 1 aromatic carbocycles. The Kier molecular flexibility index (Phi) is 3.09. The van der Waals surface area contributed by atoms with Gasteiger partial charge in [0, 0.05) is 19.6 Å². The van der Waals surface area contributed by atoms with Gasteiger partial charge >= 0.3 is 5.97 Å². The van der Waals surface area contributed by atoms with Crippen LogP contribution in [0.5, 0.6) is 0 Å². The second kappa shape index (κ2) is 4.64. The Hall–Kier alpha value is -1.35. The molecule has 3 heteroatoms. The highest BCUT2D eigenvalue weighted by Crippen LogP contribution is 2.50. The molecule has 19 heavy (non-hydrogen) atoms. The third-order valence-corrected chi connectivity index (χ3v) is 4.75. The van der Waals surface area contributed by atoms with Crippen molar-refractivity contribution in [3.05, 3.63) is 35.9 Å². The van der Waals surface area contributed by atoms with Gasteiger partial charge in [-0.05, 0) is 37.2 Å². The first-order valence-corrected chi connectivity index (χ1v) is 7.09. The van der Waals surface area contributed by atoms with Crippen molar-refractivity contribution in [1.29, 1.82) is 0 Å². The van der Waals surface area contributed by atoms with Gasteiger partial charge in [-0.15, -0.1) is 0 Å². The highest BCUT2D eigenvalue weighted by molar-refractivity contribution is 5.75. The van der Waals surface area contributed by atoms with Crippen molar-refractivity contribution in [3.63, 3.8) is 0 Å². The Labute approximate surface area is 114 Å². The molecule has 1 saturated heterocycles. The van der Waals surface area contributed by atoms with Crippen molar-refractivity contribution in [3.8, 4) is 0 Å². The van der Waals surface area contributed by atoms with Crippen LogP contribution in [0.3, 0.4) is 0 Å². The Balaban J connectivity index is 1.74. The van der Waals surface area contributed by atoms with Gasteiger partial charge in [0.25, 0.3) is 0 Å². The number of likely N-dealkylation sites (tertiary alicyclic amines) is 1. The molecule has 3 rings (SSSR count). The molecule has 0 aromatic heterocycles. The normalized spacial score (nSPS) is 31.5. The van der Waals surface area contributed by atoms with E-state index in [4.69, 9.17) is 0 Å². The molecule has 1 aromatic rings. The number of nitrogens with zero attached hydrogens (tertiary/aromatic N) is 1. The van der Waals surface area contributed by atoms with Crippen molar-refractivity contribution < 1.29 is 9.90 Å². The minimum Gasteiger partial charge on any atom is -0.481 e. The highest BCUT2D eigenvalue weighted by Gasteiger charge is 2.53. The Bertz CT molecular complexity index is 469. The second-order valence-electron chi connectivity index (χ2n) is 6.32. The molecule has 0 amide bonds. The lowest BCUT2D eigenvalue weighted by Gasteiger charge is -2.25. The van der Waals surface area contributed by atoms with Gasteiger partial charge in [0.05, 0.1) is 5.41 Å². The number of hydrogen-bond donors (Lipinski definition) is 1. The van der Waals surface area contributed by atoms with Crippen molar-refractivity contribution >= 4 is 5.97 Å². The number of hydrogen-bond acceptors (Lipinski definition) is 2. The summed E-state index contributed by atoms with van der Waals surface area (Å²) >= 11 is 0. The molecule has 1 saturated carbocycles. The molecule has 0 spiro atoms. The van der Waals surface area contributed by atoms with Crippen LogP contribution in [-0.2, 0) is 11.3 Å². The van der Waals surface area contributed by atoms with E-state index in [0.29, 0.717) is 18.4 Å². The topological polar surface area (TPSA) is 40.5 Å². The minimum absolute atomic E-state index is 0.328. The van der Waals surface area contributed by atoms with E-state index in [2.05, 4.69) is 17.0 Å². The van der Waals surface area contributed by atoms with Gasteiger partial charge in [0.2, 0.25) is 0 Å². The van der Waals surface area contributed by atoms with E-state index < -0.39 is 11.4 Å². The van der Waals surface area contributed by atoms with Crippen LogP contribution in [-0.4, -0.2) is 29.1 Å². The molecule has 102 valence electrons. The van der Waals surface area contributed by atoms with Crippen molar-refractivity contribution in [2.75, 3.05) is 13.1 Å². The molecular formula is C16H21NO2. The van der Waals surface area contributed by atoms with Gasteiger partial charge in [-0.1, -0.05) is 30.3 Å². The van der Waals surface area contributed by atoms with Crippen LogP contribution in [0.15, 0.2) is 30.3 Å². The van der Waals surface area contributed by atoms with Gasteiger partial charge in [-0.3, -0.25) is 9.69 Å². The molecule has 0 radical (unpaired) electrons. The average Bonchev–Trinajstić information content (AvgIpc) is 3.16. The van der Waals surface area contributed by atoms with E-state index in [9.17, 15) is 9.90 Å². The molecule has 2 aliphatic rings. The zero-order valence-electron chi connectivity index (χ0n) is 11.4. The van der Waals surface area contributed by atoms with Crippen LogP contribution >= 0.6 is 0 Å². The number of benzene rings is 1. The number of carbonyl (C=O) groups is 1. The maximum atomic E-state index is 11.6. The van der Waals surface area contributed by atoms with E-state index in [1.54, 1.807) is 0 Å². The quantitative estimate of drug-likeness (QED) is 0.903. The monoisotopic (exact) mass is 259 g/mol. The van der Waals surface area contributed by atoms with Gasteiger partial charge in [-0.25, -0.2) is 0 Å². The zero-order chi connectivity index (χ0) is 13.5. The first kappa shape index (κ1) is 12.7. The molecule has 1 heterocycles.